The maximum atomic E-state index is 12.9. The molecule has 1 amide bonds. The van der Waals surface area contributed by atoms with Gasteiger partial charge >= 0.3 is 0 Å². The highest BCUT2D eigenvalue weighted by molar-refractivity contribution is 7.99. The Morgan fingerprint density at radius 3 is 2.67 bits per heavy atom. The van der Waals surface area contributed by atoms with Crippen LogP contribution in [0, 0.1) is 0 Å². The van der Waals surface area contributed by atoms with Crippen molar-refractivity contribution < 1.29 is 4.79 Å². The molecule has 0 radical (unpaired) electrons. The smallest absolute Gasteiger partial charge is 0.233 e. The van der Waals surface area contributed by atoms with Gasteiger partial charge in [-0.15, -0.1) is 10.2 Å². The molecule has 27 heavy (non-hydrogen) atoms. The van der Waals surface area contributed by atoms with Crippen LogP contribution in [0.1, 0.15) is 46.0 Å². The molecule has 1 saturated carbocycles. The molecule has 1 heterocycles. The molecule has 2 aromatic rings. The SMILES string of the molecule is CC(C)N(C(=O)CSc1nnc(-c2ccccc2Cl)n1N)C1CCCCC1. The molecule has 1 fully saturated rings. The lowest BCUT2D eigenvalue weighted by Gasteiger charge is -2.37. The first-order valence-corrected chi connectivity index (χ1v) is 10.7. The van der Waals surface area contributed by atoms with Gasteiger partial charge in [0.15, 0.2) is 5.82 Å². The van der Waals surface area contributed by atoms with Crippen LogP contribution >= 0.6 is 23.4 Å². The zero-order chi connectivity index (χ0) is 19.4. The summed E-state index contributed by atoms with van der Waals surface area (Å²) in [6, 6.07) is 7.89. The van der Waals surface area contributed by atoms with Crippen LogP contribution in [0.2, 0.25) is 5.02 Å². The van der Waals surface area contributed by atoms with Crippen molar-refractivity contribution >= 4 is 29.3 Å². The van der Waals surface area contributed by atoms with Gasteiger partial charge in [0.25, 0.3) is 0 Å². The number of nitrogens with two attached hydrogens (primary N) is 1. The Bertz CT molecular complexity index is 788. The molecule has 0 atom stereocenters. The third-order valence-electron chi connectivity index (χ3n) is 4.92. The second-order valence-corrected chi connectivity index (χ2v) is 8.48. The highest BCUT2D eigenvalue weighted by atomic mass is 35.5. The highest BCUT2D eigenvalue weighted by Gasteiger charge is 2.28. The van der Waals surface area contributed by atoms with E-state index in [4.69, 9.17) is 17.4 Å². The number of benzene rings is 1. The van der Waals surface area contributed by atoms with Crippen molar-refractivity contribution in [3.8, 4) is 11.4 Å². The number of carbonyl (C=O) groups is 1. The van der Waals surface area contributed by atoms with Crippen molar-refractivity contribution in [1.29, 1.82) is 0 Å². The Kier molecular flexibility index (Phi) is 6.65. The lowest BCUT2D eigenvalue weighted by Crippen LogP contribution is -2.46. The van der Waals surface area contributed by atoms with Crippen LogP contribution in [0.25, 0.3) is 11.4 Å². The van der Waals surface area contributed by atoms with Crippen molar-refractivity contribution in [3.05, 3.63) is 29.3 Å². The summed E-state index contributed by atoms with van der Waals surface area (Å²) in [5, 5.41) is 9.36. The largest absolute Gasteiger partial charge is 0.337 e. The molecular weight excluding hydrogens is 382 g/mol. The zero-order valence-electron chi connectivity index (χ0n) is 15.8. The number of rotatable bonds is 6. The van der Waals surface area contributed by atoms with Crippen LogP contribution in [-0.2, 0) is 4.79 Å². The highest BCUT2D eigenvalue weighted by Crippen LogP contribution is 2.29. The zero-order valence-corrected chi connectivity index (χ0v) is 17.3. The molecule has 0 bridgehead atoms. The number of nitrogens with zero attached hydrogens (tertiary/aromatic N) is 4. The standard InChI is InChI=1S/C19H26ClN5OS/c1-13(2)24(14-8-4-3-5-9-14)17(26)12-27-19-23-22-18(25(19)21)15-10-6-7-11-16(15)20/h6-7,10-11,13-14H,3-5,8-9,12,21H2,1-2H3. The first-order chi connectivity index (χ1) is 13.0. The molecule has 8 heteroatoms. The predicted octanol–water partition coefficient (Wildman–Crippen LogP) is 3.97. The van der Waals surface area contributed by atoms with E-state index in [9.17, 15) is 4.79 Å². The van der Waals surface area contributed by atoms with Crippen LogP contribution in [-0.4, -0.2) is 43.5 Å². The molecule has 0 saturated heterocycles. The van der Waals surface area contributed by atoms with Gasteiger partial charge in [-0.3, -0.25) is 4.79 Å². The fourth-order valence-electron chi connectivity index (χ4n) is 3.67. The number of hydrogen-bond donors (Lipinski definition) is 1. The lowest BCUT2D eigenvalue weighted by atomic mass is 9.93. The molecule has 0 unspecified atom stereocenters. The van der Waals surface area contributed by atoms with E-state index in [1.54, 1.807) is 6.07 Å². The topological polar surface area (TPSA) is 77.0 Å². The molecule has 1 aromatic heterocycles. The van der Waals surface area contributed by atoms with E-state index in [1.807, 2.05) is 23.1 Å². The Morgan fingerprint density at radius 1 is 1.30 bits per heavy atom. The summed E-state index contributed by atoms with van der Waals surface area (Å²) in [6.07, 6.45) is 5.86. The van der Waals surface area contributed by atoms with Gasteiger partial charge in [-0.05, 0) is 38.8 Å². The van der Waals surface area contributed by atoms with Gasteiger partial charge in [0.1, 0.15) is 0 Å². The fourth-order valence-corrected chi connectivity index (χ4v) is 4.62. The van der Waals surface area contributed by atoms with Gasteiger partial charge in [-0.2, -0.15) is 0 Å². The molecule has 2 N–H and O–H groups in total. The van der Waals surface area contributed by atoms with Gasteiger partial charge in [0, 0.05) is 17.6 Å². The third kappa shape index (κ3) is 4.58. The number of carbonyl (C=O) groups excluding carboxylic acids is 1. The Hall–Kier alpha value is -1.73. The summed E-state index contributed by atoms with van der Waals surface area (Å²) in [7, 11) is 0. The van der Waals surface area contributed by atoms with Gasteiger partial charge in [-0.25, -0.2) is 4.68 Å². The monoisotopic (exact) mass is 407 g/mol. The summed E-state index contributed by atoms with van der Waals surface area (Å²) in [5.41, 5.74) is 0.721. The number of aromatic nitrogens is 3. The van der Waals surface area contributed by atoms with Crippen molar-refractivity contribution in [2.75, 3.05) is 11.6 Å². The van der Waals surface area contributed by atoms with E-state index < -0.39 is 0 Å². The molecular formula is C19H26ClN5OS. The molecule has 146 valence electrons. The molecule has 0 aliphatic heterocycles. The third-order valence-corrected chi connectivity index (χ3v) is 6.17. The van der Waals surface area contributed by atoms with E-state index in [0.717, 1.165) is 18.4 Å². The molecule has 0 spiro atoms. The second kappa shape index (κ2) is 8.97. The lowest BCUT2D eigenvalue weighted by molar-refractivity contribution is -0.133. The van der Waals surface area contributed by atoms with Crippen molar-refractivity contribution in [3.63, 3.8) is 0 Å². The summed E-state index contributed by atoms with van der Waals surface area (Å²) in [4.78, 5) is 14.9. The van der Waals surface area contributed by atoms with Gasteiger partial charge < -0.3 is 10.7 Å². The molecule has 1 aromatic carbocycles. The van der Waals surface area contributed by atoms with E-state index in [1.165, 1.54) is 35.7 Å². The van der Waals surface area contributed by atoms with Gasteiger partial charge in [-0.1, -0.05) is 54.8 Å². The predicted molar refractivity (Wildman–Crippen MR) is 110 cm³/mol. The number of hydrogen-bond acceptors (Lipinski definition) is 5. The summed E-state index contributed by atoms with van der Waals surface area (Å²) >= 11 is 7.54. The minimum absolute atomic E-state index is 0.129. The number of halogens is 1. The summed E-state index contributed by atoms with van der Waals surface area (Å²) in [6.45, 7) is 4.16. The first kappa shape index (κ1) is 20.0. The number of nitrogen functional groups attached to an aromatic ring is 1. The minimum atomic E-state index is 0.129. The molecule has 3 rings (SSSR count). The van der Waals surface area contributed by atoms with Gasteiger partial charge in [0.05, 0.1) is 10.8 Å². The fraction of sp³-hybridized carbons (Fsp3) is 0.526. The maximum absolute atomic E-state index is 12.9. The Labute approximate surface area is 169 Å². The average Bonchev–Trinajstić information content (AvgIpc) is 3.01. The average molecular weight is 408 g/mol. The van der Waals surface area contributed by atoms with E-state index >= 15 is 0 Å². The van der Waals surface area contributed by atoms with Crippen molar-refractivity contribution in [2.45, 2.75) is 63.2 Å². The second-order valence-electron chi connectivity index (χ2n) is 7.13. The minimum Gasteiger partial charge on any atom is -0.337 e. The van der Waals surface area contributed by atoms with Crippen LogP contribution < -0.4 is 5.84 Å². The van der Waals surface area contributed by atoms with E-state index in [2.05, 4.69) is 24.0 Å². The van der Waals surface area contributed by atoms with Crippen LogP contribution in [0.15, 0.2) is 29.4 Å². The van der Waals surface area contributed by atoms with E-state index in [-0.39, 0.29) is 11.9 Å². The van der Waals surface area contributed by atoms with Crippen molar-refractivity contribution in [2.24, 2.45) is 0 Å². The number of amides is 1. The van der Waals surface area contributed by atoms with Crippen LogP contribution in [0.5, 0.6) is 0 Å². The Balaban J connectivity index is 1.69. The van der Waals surface area contributed by atoms with Crippen LogP contribution in [0.3, 0.4) is 0 Å². The molecule has 1 aliphatic carbocycles. The maximum Gasteiger partial charge on any atom is 0.233 e. The first-order valence-electron chi connectivity index (χ1n) is 9.38. The summed E-state index contributed by atoms with van der Waals surface area (Å²) in [5.74, 6) is 7.07. The molecule has 6 nitrogen and oxygen atoms in total. The van der Waals surface area contributed by atoms with Crippen molar-refractivity contribution in [1.82, 2.24) is 19.8 Å². The normalized spacial score (nSPS) is 15.3. The summed E-state index contributed by atoms with van der Waals surface area (Å²) < 4.78 is 1.40. The van der Waals surface area contributed by atoms with Gasteiger partial charge in [0.2, 0.25) is 11.1 Å². The van der Waals surface area contributed by atoms with E-state index in [0.29, 0.717) is 27.8 Å². The number of thioether (sulfide) groups is 1. The molecule has 1 aliphatic rings. The quantitative estimate of drug-likeness (QED) is 0.579. The Morgan fingerprint density at radius 2 is 2.00 bits per heavy atom. The van der Waals surface area contributed by atoms with Crippen LogP contribution in [0.4, 0.5) is 0 Å².